The maximum Gasteiger partial charge on any atom is 0.228 e. The number of nitrogens with two attached hydrogens (primary N) is 1. The zero-order valence-electron chi connectivity index (χ0n) is 11.1. The third kappa shape index (κ3) is 5.13. The van der Waals surface area contributed by atoms with Gasteiger partial charge in [-0.05, 0) is 0 Å². The molecular formula is C11H21N5O2. The second-order valence-electron chi connectivity index (χ2n) is 4.14. The lowest BCUT2D eigenvalue weighted by Crippen LogP contribution is -2.33. The number of nitrogens with zero attached hydrogens (tertiary/aromatic N) is 3. The number of guanidine groups is 1. The summed E-state index contributed by atoms with van der Waals surface area (Å²) in [6, 6.07) is 0. The fourth-order valence-corrected chi connectivity index (χ4v) is 1.21. The predicted octanol–water partition coefficient (Wildman–Crippen LogP) is 0.286. The van der Waals surface area contributed by atoms with Crippen LogP contribution in [0.3, 0.4) is 0 Å². The number of aromatic nitrogens is 2. The standard InChI is InChI=1S/C11H21N5O2/c1-8(2)10-15-9(18-16-10)4-5-13-11(12)14-6-7-17-3/h8H,4-7H2,1-3H3,(H3,12,13,14). The normalized spacial score (nSPS) is 12.1. The molecule has 0 spiro atoms. The van der Waals surface area contributed by atoms with Crippen molar-refractivity contribution in [2.75, 3.05) is 26.8 Å². The largest absolute Gasteiger partial charge is 0.383 e. The highest BCUT2D eigenvalue weighted by atomic mass is 16.5. The Bertz CT molecular complexity index is 375. The molecule has 3 N–H and O–H groups in total. The quantitative estimate of drug-likeness (QED) is 0.412. The summed E-state index contributed by atoms with van der Waals surface area (Å²) in [6.45, 7) is 5.76. The van der Waals surface area contributed by atoms with E-state index in [1.165, 1.54) is 0 Å². The number of hydrogen-bond donors (Lipinski definition) is 2. The molecule has 0 saturated heterocycles. The number of nitrogens with one attached hydrogen (secondary N) is 1. The van der Waals surface area contributed by atoms with Gasteiger partial charge in [0.2, 0.25) is 5.89 Å². The lowest BCUT2D eigenvalue weighted by atomic mass is 10.2. The van der Waals surface area contributed by atoms with Gasteiger partial charge in [-0.2, -0.15) is 4.98 Å². The average Bonchev–Trinajstić information content (AvgIpc) is 2.78. The van der Waals surface area contributed by atoms with Crippen molar-refractivity contribution in [2.24, 2.45) is 10.7 Å². The van der Waals surface area contributed by atoms with E-state index in [1.807, 2.05) is 13.8 Å². The number of ether oxygens (including phenoxy) is 1. The second kappa shape index (κ2) is 7.65. The van der Waals surface area contributed by atoms with Crippen LogP contribution < -0.4 is 11.1 Å². The van der Waals surface area contributed by atoms with Gasteiger partial charge in [0.1, 0.15) is 0 Å². The van der Waals surface area contributed by atoms with Crippen molar-refractivity contribution in [3.05, 3.63) is 11.7 Å². The van der Waals surface area contributed by atoms with Crippen LogP contribution in [0.1, 0.15) is 31.5 Å². The Morgan fingerprint density at radius 3 is 2.94 bits per heavy atom. The number of methoxy groups -OCH3 is 1. The Hall–Kier alpha value is -1.63. The van der Waals surface area contributed by atoms with E-state index < -0.39 is 0 Å². The summed E-state index contributed by atoms with van der Waals surface area (Å²) in [5, 5.41) is 6.86. The molecule has 0 aliphatic heterocycles. The molecule has 0 fully saturated rings. The molecule has 7 heteroatoms. The molecule has 0 saturated carbocycles. The first-order valence-electron chi connectivity index (χ1n) is 5.98. The number of rotatable bonds is 7. The zero-order valence-corrected chi connectivity index (χ0v) is 11.1. The van der Waals surface area contributed by atoms with E-state index in [0.717, 1.165) is 5.82 Å². The maximum atomic E-state index is 5.65. The van der Waals surface area contributed by atoms with Gasteiger partial charge in [0, 0.05) is 26.0 Å². The molecule has 0 radical (unpaired) electrons. The van der Waals surface area contributed by atoms with E-state index in [-0.39, 0.29) is 5.92 Å². The van der Waals surface area contributed by atoms with E-state index in [9.17, 15) is 0 Å². The second-order valence-corrected chi connectivity index (χ2v) is 4.14. The molecule has 0 aromatic carbocycles. The highest BCUT2D eigenvalue weighted by molar-refractivity contribution is 5.77. The summed E-state index contributed by atoms with van der Waals surface area (Å²) in [7, 11) is 1.63. The predicted molar refractivity (Wildman–Crippen MR) is 68.5 cm³/mol. The molecule has 1 heterocycles. The number of hydrogen-bond acceptors (Lipinski definition) is 5. The van der Waals surface area contributed by atoms with Gasteiger partial charge in [0.05, 0.1) is 13.2 Å². The average molecular weight is 255 g/mol. The Morgan fingerprint density at radius 1 is 1.56 bits per heavy atom. The van der Waals surface area contributed by atoms with Crippen LogP contribution in [-0.2, 0) is 11.2 Å². The summed E-state index contributed by atoms with van der Waals surface area (Å²) in [6.07, 6.45) is 0.625. The molecule has 1 aromatic rings. The van der Waals surface area contributed by atoms with Crippen LogP contribution in [0.2, 0.25) is 0 Å². The van der Waals surface area contributed by atoms with Gasteiger partial charge in [-0.25, -0.2) is 0 Å². The molecule has 0 aliphatic rings. The van der Waals surface area contributed by atoms with E-state index in [1.54, 1.807) is 7.11 Å². The summed E-state index contributed by atoms with van der Waals surface area (Å²) < 4.78 is 9.97. The Kier molecular flexibility index (Phi) is 6.13. The van der Waals surface area contributed by atoms with Crippen LogP contribution in [-0.4, -0.2) is 42.9 Å². The molecule has 7 nitrogen and oxygen atoms in total. The summed E-state index contributed by atoms with van der Waals surface area (Å²) in [5.41, 5.74) is 5.65. The van der Waals surface area contributed by atoms with Gasteiger partial charge < -0.3 is 20.3 Å². The van der Waals surface area contributed by atoms with Crippen LogP contribution in [0.4, 0.5) is 0 Å². The third-order valence-electron chi connectivity index (χ3n) is 2.22. The first-order valence-corrected chi connectivity index (χ1v) is 5.98. The molecule has 18 heavy (non-hydrogen) atoms. The minimum atomic E-state index is 0.274. The molecule has 0 unspecified atom stereocenters. The van der Waals surface area contributed by atoms with E-state index >= 15 is 0 Å². The van der Waals surface area contributed by atoms with E-state index in [4.69, 9.17) is 15.0 Å². The molecule has 0 atom stereocenters. The fourth-order valence-electron chi connectivity index (χ4n) is 1.21. The molecule has 0 bridgehead atoms. The van der Waals surface area contributed by atoms with E-state index in [0.29, 0.717) is 38.0 Å². The topological polar surface area (TPSA) is 98.6 Å². The van der Waals surface area contributed by atoms with Gasteiger partial charge in [-0.1, -0.05) is 19.0 Å². The highest BCUT2D eigenvalue weighted by Crippen LogP contribution is 2.09. The van der Waals surface area contributed by atoms with Gasteiger partial charge >= 0.3 is 0 Å². The zero-order chi connectivity index (χ0) is 13.4. The smallest absolute Gasteiger partial charge is 0.228 e. The third-order valence-corrected chi connectivity index (χ3v) is 2.22. The van der Waals surface area contributed by atoms with E-state index in [2.05, 4.69) is 20.4 Å². The van der Waals surface area contributed by atoms with Gasteiger partial charge in [-0.3, -0.25) is 4.99 Å². The molecular weight excluding hydrogens is 234 g/mol. The SMILES string of the molecule is COCCN=C(N)NCCc1nc(C(C)C)no1. The van der Waals surface area contributed by atoms with Crippen LogP contribution in [0, 0.1) is 0 Å². The van der Waals surface area contributed by atoms with Crippen LogP contribution in [0.5, 0.6) is 0 Å². The Morgan fingerprint density at radius 2 is 2.33 bits per heavy atom. The fraction of sp³-hybridized carbons (Fsp3) is 0.727. The van der Waals surface area contributed by atoms with Crippen molar-refractivity contribution >= 4 is 5.96 Å². The van der Waals surface area contributed by atoms with Crippen LogP contribution in [0.15, 0.2) is 9.52 Å². The van der Waals surface area contributed by atoms with Gasteiger partial charge in [0.25, 0.3) is 0 Å². The number of aliphatic imine (C=N–C) groups is 1. The van der Waals surface area contributed by atoms with Crippen molar-refractivity contribution < 1.29 is 9.26 Å². The first-order chi connectivity index (χ1) is 8.63. The van der Waals surface area contributed by atoms with Crippen molar-refractivity contribution in [3.63, 3.8) is 0 Å². The Balaban J connectivity index is 2.26. The van der Waals surface area contributed by atoms with Crippen molar-refractivity contribution in [3.8, 4) is 0 Å². The van der Waals surface area contributed by atoms with Crippen LogP contribution in [0.25, 0.3) is 0 Å². The molecule has 0 amide bonds. The van der Waals surface area contributed by atoms with Crippen molar-refractivity contribution in [2.45, 2.75) is 26.2 Å². The lowest BCUT2D eigenvalue weighted by Gasteiger charge is -2.03. The first kappa shape index (κ1) is 14.4. The van der Waals surface area contributed by atoms with Crippen LogP contribution >= 0.6 is 0 Å². The molecule has 0 aliphatic carbocycles. The van der Waals surface area contributed by atoms with Crippen molar-refractivity contribution in [1.82, 2.24) is 15.5 Å². The lowest BCUT2D eigenvalue weighted by molar-refractivity contribution is 0.208. The minimum Gasteiger partial charge on any atom is -0.383 e. The monoisotopic (exact) mass is 255 g/mol. The summed E-state index contributed by atoms with van der Waals surface area (Å²) in [5.74, 6) is 2.01. The Labute approximate surface area is 107 Å². The van der Waals surface area contributed by atoms with Crippen molar-refractivity contribution in [1.29, 1.82) is 0 Å². The minimum absolute atomic E-state index is 0.274. The molecule has 1 rings (SSSR count). The molecule has 102 valence electrons. The summed E-state index contributed by atoms with van der Waals surface area (Å²) in [4.78, 5) is 8.33. The maximum absolute atomic E-state index is 5.65. The highest BCUT2D eigenvalue weighted by Gasteiger charge is 2.08. The molecule has 1 aromatic heterocycles. The van der Waals surface area contributed by atoms with Gasteiger partial charge in [0.15, 0.2) is 11.8 Å². The summed E-state index contributed by atoms with van der Waals surface area (Å²) >= 11 is 0. The van der Waals surface area contributed by atoms with Gasteiger partial charge in [-0.15, -0.1) is 0 Å².